The number of amides is 1. The molecule has 1 aliphatic heterocycles. The first kappa shape index (κ1) is 13.6. The number of aliphatic hydroxyl groups excluding tert-OH is 1. The molecule has 0 radical (unpaired) electrons. The number of benzene rings is 1. The van der Waals surface area contributed by atoms with Crippen LogP contribution in [0, 0.1) is 5.92 Å². The second-order valence-electron chi connectivity index (χ2n) is 5.34. The molecule has 0 spiro atoms. The molecular weight excluding hydrogens is 322 g/mol. The highest BCUT2D eigenvalue weighted by Crippen LogP contribution is 2.29. The van der Waals surface area contributed by atoms with Gasteiger partial charge >= 0.3 is 0 Å². The highest BCUT2D eigenvalue weighted by molar-refractivity contribution is 9.10. The van der Waals surface area contributed by atoms with Gasteiger partial charge in [0.1, 0.15) is 12.4 Å². The van der Waals surface area contributed by atoms with Crippen molar-refractivity contribution in [2.75, 3.05) is 13.2 Å². The Bertz CT molecular complexity index is 564. The highest BCUT2D eigenvalue weighted by Gasteiger charge is 2.27. The lowest BCUT2D eigenvalue weighted by Crippen LogP contribution is -2.39. The molecule has 0 saturated heterocycles. The lowest BCUT2D eigenvalue weighted by molar-refractivity contribution is -0.118. The van der Waals surface area contributed by atoms with Crippen LogP contribution in [0.1, 0.15) is 18.4 Å². The summed E-state index contributed by atoms with van der Waals surface area (Å²) in [5.41, 5.74) is 1.55. The molecule has 0 bridgehead atoms. The van der Waals surface area contributed by atoms with Crippen molar-refractivity contribution >= 4 is 27.9 Å². The van der Waals surface area contributed by atoms with Crippen molar-refractivity contribution in [3.63, 3.8) is 0 Å². The number of hydrogen-bond acceptors (Lipinski definition) is 3. The standard InChI is InChI=1S/C15H16BrNO3/c16-12-1-2-14-10(6-12)5-11(8-20-14)15(19)17-7-9-3-13(18)4-9/h1-2,5-6,9,13,18H,3-4,7-8H2,(H,17,19). The normalized spacial score (nSPS) is 24.0. The molecule has 20 heavy (non-hydrogen) atoms. The maximum Gasteiger partial charge on any atom is 0.250 e. The molecule has 1 aromatic rings. The van der Waals surface area contributed by atoms with Gasteiger partial charge < -0.3 is 15.2 Å². The van der Waals surface area contributed by atoms with E-state index in [1.165, 1.54) is 0 Å². The van der Waals surface area contributed by atoms with E-state index in [0.29, 0.717) is 24.6 Å². The minimum atomic E-state index is -0.182. The smallest absolute Gasteiger partial charge is 0.250 e. The summed E-state index contributed by atoms with van der Waals surface area (Å²) in [5.74, 6) is 1.12. The van der Waals surface area contributed by atoms with Gasteiger partial charge in [-0.25, -0.2) is 0 Å². The molecule has 1 heterocycles. The van der Waals surface area contributed by atoms with Crippen LogP contribution in [0.4, 0.5) is 0 Å². The Kier molecular flexibility index (Phi) is 3.81. The summed E-state index contributed by atoms with van der Waals surface area (Å²) in [7, 11) is 0. The molecule has 2 N–H and O–H groups in total. The third-order valence-electron chi connectivity index (χ3n) is 3.74. The highest BCUT2D eigenvalue weighted by atomic mass is 79.9. The number of carbonyl (C=O) groups excluding carboxylic acids is 1. The molecule has 1 amide bonds. The molecule has 1 saturated carbocycles. The van der Waals surface area contributed by atoms with Crippen LogP contribution in [0.25, 0.3) is 6.08 Å². The van der Waals surface area contributed by atoms with Crippen LogP contribution in [0.2, 0.25) is 0 Å². The zero-order valence-electron chi connectivity index (χ0n) is 10.9. The third-order valence-corrected chi connectivity index (χ3v) is 4.23. The van der Waals surface area contributed by atoms with Gasteiger partial charge in [0.25, 0.3) is 5.91 Å². The van der Waals surface area contributed by atoms with E-state index in [1.807, 2.05) is 24.3 Å². The first-order chi connectivity index (χ1) is 9.61. The maximum atomic E-state index is 12.1. The van der Waals surface area contributed by atoms with Gasteiger partial charge in [0.2, 0.25) is 0 Å². The predicted molar refractivity (Wildman–Crippen MR) is 79.4 cm³/mol. The number of nitrogens with one attached hydrogen (secondary N) is 1. The van der Waals surface area contributed by atoms with E-state index in [0.717, 1.165) is 28.6 Å². The summed E-state index contributed by atoms with van der Waals surface area (Å²) in [6.07, 6.45) is 3.25. The lowest BCUT2D eigenvalue weighted by atomic mass is 9.82. The Balaban J connectivity index is 1.63. The largest absolute Gasteiger partial charge is 0.488 e. The van der Waals surface area contributed by atoms with Crippen molar-refractivity contribution in [2.24, 2.45) is 5.92 Å². The summed E-state index contributed by atoms with van der Waals surface area (Å²) in [5, 5.41) is 12.1. The van der Waals surface area contributed by atoms with E-state index in [9.17, 15) is 9.90 Å². The van der Waals surface area contributed by atoms with Crippen molar-refractivity contribution in [3.8, 4) is 5.75 Å². The summed E-state index contributed by atoms with van der Waals surface area (Å²) < 4.78 is 6.55. The van der Waals surface area contributed by atoms with Gasteiger partial charge in [-0.3, -0.25) is 4.79 Å². The van der Waals surface area contributed by atoms with E-state index in [1.54, 1.807) is 0 Å². The summed E-state index contributed by atoms with van der Waals surface area (Å²) in [6.45, 7) is 0.923. The van der Waals surface area contributed by atoms with Crippen molar-refractivity contribution in [2.45, 2.75) is 18.9 Å². The molecule has 3 rings (SSSR count). The number of carbonyl (C=O) groups is 1. The van der Waals surface area contributed by atoms with Crippen molar-refractivity contribution in [3.05, 3.63) is 33.8 Å². The van der Waals surface area contributed by atoms with Gasteiger partial charge in [-0.1, -0.05) is 15.9 Å². The van der Waals surface area contributed by atoms with Crippen LogP contribution in [-0.4, -0.2) is 30.3 Å². The van der Waals surface area contributed by atoms with Crippen LogP contribution in [0.15, 0.2) is 28.2 Å². The Hall–Kier alpha value is -1.33. The summed E-state index contributed by atoms with van der Waals surface area (Å²) >= 11 is 3.41. The third kappa shape index (κ3) is 2.88. The Morgan fingerprint density at radius 1 is 1.45 bits per heavy atom. The molecule has 0 atom stereocenters. The monoisotopic (exact) mass is 337 g/mol. The quantitative estimate of drug-likeness (QED) is 0.888. The van der Waals surface area contributed by atoms with Gasteiger partial charge in [0, 0.05) is 16.6 Å². The van der Waals surface area contributed by atoms with Crippen LogP contribution in [-0.2, 0) is 4.79 Å². The fourth-order valence-electron chi connectivity index (χ4n) is 2.50. The van der Waals surface area contributed by atoms with Crippen LogP contribution < -0.4 is 10.1 Å². The van der Waals surface area contributed by atoms with Crippen LogP contribution >= 0.6 is 15.9 Å². The molecule has 1 aromatic carbocycles. The average Bonchev–Trinajstić information content (AvgIpc) is 2.41. The maximum absolute atomic E-state index is 12.1. The SMILES string of the molecule is O=C(NCC1CC(O)C1)C1=Cc2cc(Br)ccc2OC1. The zero-order chi connectivity index (χ0) is 14.1. The number of fused-ring (bicyclic) bond motifs is 1. The Labute approximate surface area is 126 Å². The van der Waals surface area contributed by atoms with Crippen LogP contribution in [0.5, 0.6) is 5.75 Å². The first-order valence-corrected chi connectivity index (χ1v) is 7.50. The Morgan fingerprint density at radius 2 is 2.25 bits per heavy atom. The average molecular weight is 338 g/mol. The minimum Gasteiger partial charge on any atom is -0.488 e. The fourth-order valence-corrected chi connectivity index (χ4v) is 2.88. The van der Waals surface area contributed by atoms with E-state index >= 15 is 0 Å². The topological polar surface area (TPSA) is 58.6 Å². The number of aliphatic hydroxyl groups is 1. The van der Waals surface area contributed by atoms with Gasteiger partial charge in [-0.05, 0) is 43.0 Å². The summed E-state index contributed by atoms with van der Waals surface area (Å²) in [4.78, 5) is 12.1. The van der Waals surface area contributed by atoms with E-state index in [2.05, 4.69) is 21.2 Å². The van der Waals surface area contributed by atoms with Crippen molar-refractivity contribution < 1.29 is 14.6 Å². The molecule has 1 fully saturated rings. The molecule has 0 aromatic heterocycles. The summed E-state index contributed by atoms with van der Waals surface area (Å²) in [6, 6.07) is 5.74. The number of hydrogen-bond donors (Lipinski definition) is 2. The minimum absolute atomic E-state index is 0.0861. The van der Waals surface area contributed by atoms with Crippen LogP contribution in [0.3, 0.4) is 0 Å². The van der Waals surface area contributed by atoms with E-state index in [4.69, 9.17) is 4.74 Å². The molecule has 5 heteroatoms. The lowest BCUT2D eigenvalue weighted by Gasteiger charge is -2.31. The fraction of sp³-hybridized carbons (Fsp3) is 0.400. The van der Waals surface area contributed by atoms with Gasteiger partial charge in [-0.2, -0.15) is 0 Å². The molecular formula is C15H16BrNO3. The molecule has 0 unspecified atom stereocenters. The number of halogens is 1. The molecule has 4 nitrogen and oxygen atoms in total. The second kappa shape index (κ2) is 5.58. The van der Waals surface area contributed by atoms with E-state index < -0.39 is 0 Å². The second-order valence-corrected chi connectivity index (χ2v) is 6.26. The van der Waals surface area contributed by atoms with Crippen molar-refractivity contribution in [1.82, 2.24) is 5.32 Å². The van der Waals surface area contributed by atoms with Gasteiger partial charge in [0.05, 0.1) is 11.7 Å². The molecule has 1 aliphatic carbocycles. The number of ether oxygens (including phenoxy) is 1. The Morgan fingerprint density at radius 3 is 3.00 bits per heavy atom. The zero-order valence-corrected chi connectivity index (χ0v) is 12.5. The van der Waals surface area contributed by atoms with Gasteiger partial charge in [-0.15, -0.1) is 0 Å². The predicted octanol–water partition coefficient (Wildman–Crippen LogP) is 2.11. The van der Waals surface area contributed by atoms with Crippen molar-refractivity contribution in [1.29, 1.82) is 0 Å². The number of rotatable bonds is 3. The molecule has 2 aliphatic rings. The first-order valence-electron chi connectivity index (χ1n) is 6.71. The molecule has 106 valence electrons. The van der Waals surface area contributed by atoms with Gasteiger partial charge in [0.15, 0.2) is 0 Å². The van der Waals surface area contributed by atoms with E-state index in [-0.39, 0.29) is 12.0 Å².